The SMILES string of the molecule is Cc1ccc2c(Nc3cccc(C(=O)Nc4cccc(Oc5ccccc5)c4)c3)ccnc2c1. The second kappa shape index (κ2) is 9.46. The van der Waals surface area contributed by atoms with Gasteiger partial charge in [0.2, 0.25) is 0 Å². The molecule has 0 spiro atoms. The number of hydrogen-bond acceptors (Lipinski definition) is 4. The molecule has 0 atom stereocenters. The number of benzene rings is 4. The van der Waals surface area contributed by atoms with Crippen molar-refractivity contribution in [2.45, 2.75) is 6.92 Å². The van der Waals surface area contributed by atoms with E-state index in [9.17, 15) is 4.79 Å². The summed E-state index contributed by atoms with van der Waals surface area (Å²) in [6.07, 6.45) is 1.78. The minimum atomic E-state index is -0.198. The molecule has 5 heteroatoms. The van der Waals surface area contributed by atoms with Gasteiger partial charge in [-0.1, -0.05) is 42.5 Å². The summed E-state index contributed by atoms with van der Waals surface area (Å²) in [6.45, 7) is 2.05. The molecular formula is C29H23N3O2. The van der Waals surface area contributed by atoms with Crippen molar-refractivity contribution >= 4 is 33.9 Å². The lowest BCUT2D eigenvalue weighted by Gasteiger charge is -2.12. The molecule has 0 aliphatic heterocycles. The van der Waals surface area contributed by atoms with E-state index in [4.69, 9.17) is 4.74 Å². The zero-order valence-electron chi connectivity index (χ0n) is 18.7. The molecular weight excluding hydrogens is 422 g/mol. The maximum Gasteiger partial charge on any atom is 0.255 e. The molecule has 34 heavy (non-hydrogen) atoms. The maximum atomic E-state index is 12.9. The Morgan fingerprint density at radius 3 is 2.44 bits per heavy atom. The van der Waals surface area contributed by atoms with Crippen molar-refractivity contribution < 1.29 is 9.53 Å². The van der Waals surface area contributed by atoms with Crippen LogP contribution in [0.3, 0.4) is 0 Å². The van der Waals surface area contributed by atoms with Gasteiger partial charge in [-0.2, -0.15) is 0 Å². The highest BCUT2D eigenvalue weighted by Crippen LogP contribution is 2.27. The summed E-state index contributed by atoms with van der Waals surface area (Å²) in [5.41, 5.74) is 5.06. The first-order valence-electron chi connectivity index (χ1n) is 11.0. The van der Waals surface area contributed by atoms with Crippen LogP contribution in [-0.2, 0) is 0 Å². The monoisotopic (exact) mass is 445 g/mol. The molecule has 5 nitrogen and oxygen atoms in total. The average molecular weight is 446 g/mol. The molecule has 0 aliphatic carbocycles. The van der Waals surface area contributed by atoms with E-state index in [0.717, 1.165) is 33.6 Å². The Morgan fingerprint density at radius 2 is 1.56 bits per heavy atom. The molecule has 2 N–H and O–H groups in total. The van der Waals surface area contributed by atoms with Crippen molar-refractivity contribution in [3.63, 3.8) is 0 Å². The number of para-hydroxylation sites is 1. The van der Waals surface area contributed by atoms with Crippen LogP contribution in [0.1, 0.15) is 15.9 Å². The van der Waals surface area contributed by atoms with Gasteiger partial charge < -0.3 is 15.4 Å². The largest absolute Gasteiger partial charge is 0.457 e. The van der Waals surface area contributed by atoms with Gasteiger partial charge >= 0.3 is 0 Å². The van der Waals surface area contributed by atoms with E-state index in [2.05, 4.69) is 33.8 Å². The van der Waals surface area contributed by atoms with Crippen LogP contribution in [0.4, 0.5) is 17.1 Å². The molecule has 166 valence electrons. The first kappa shape index (κ1) is 21.2. The summed E-state index contributed by atoms with van der Waals surface area (Å²) in [7, 11) is 0. The number of ether oxygens (including phenoxy) is 1. The number of amides is 1. The lowest BCUT2D eigenvalue weighted by molar-refractivity contribution is 0.102. The Balaban J connectivity index is 1.32. The second-order valence-corrected chi connectivity index (χ2v) is 7.98. The fourth-order valence-electron chi connectivity index (χ4n) is 3.73. The van der Waals surface area contributed by atoms with Gasteiger partial charge in [-0.25, -0.2) is 0 Å². The number of nitrogens with one attached hydrogen (secondary N) is 2. The lowest BCUT2D eigenvalue weighted by atomic mass is 10.1. The second-order valence-electron chi connectivity index (χ2n) is 7.98. The summed E-state index contributed by atoms with van der Waals surface area (Å²) in [5.74, 6) is 1.19. The van der Waals surface area contributed by atoms with E-state index < -0.39 is 0 Å². The van der Waals surface area contributed by atoms with Crippen molar-refractivity contribution in [1.82, 2.24) is 4.98 Å². The van der Waals surface area contributed by atoms with Crippen LogP contribution in [-0.4, -0.2) is 10.9 Å². The Kier molecular flexibility index (Phi) is 5.91. The lowest BCUT2D eigenvalue weighted by Crippen LogP contribution is -2.12. The van der Waals surface area contributed by atoms with Crippen LogP contribution in [0.15, 0.2) is 109 Å². The van der Waals surface area contributed by atoms with E-state index in [1.165, 1.54) is 0 Å². The van der Waals surface area contributed by atoms with Crippen LogP contribution < -0.4 is 15.4 Å². The highest BCUT2D eigenvalue weighted by Gasteiger charge is 2.09. The summed E-state index contributed by atoms with van der Waals surface area (Å²) in [4.78, 5) is 17.4. The highest BCUT2D eigenvalue weighted by molar-refractivity contribution is 6.05. The molecule has 0 fully saturated rings. The molecule has 0 aliphatic rings. The van der Waals surface area contributed by atoms with Crippen molar-refractivity contribution in [1.29, 1.82) is 0 Å². The maximum absolute atomic E-state index is 12.9. The van der Waals surface area contributed by atoms with Crippen LogP contribution >= 0.6 is 0 Å². The first-order chi connectivity index (χ1) is 16.6. The number of pyridine rings is 1. The van der Waals surface area contributed by atoms with Crippen molar-refractivity contribution in [3.05, 3.63) is 120 Å². The van der Waals surface area contributed by atoms with Crippen LogP contribution in [0.25, 0.3) is 10.9 Å². The van der Waals surface area contributed by atoms with Crippen molar-refractivity contribution in [2.24, 2.45) is 0 Å². The third kappa shape index (κ3) is 4.89. The number of hydrogen-bond donors (Lipinski definition) is 2. The predicted molar refractivity (Wildman–Crippen MR) is 137 cm³/mol. The van der Waals surface area contributed by atoms with E-state index in [1.54, 1.807) is 18.3 Å². The van der Waals surface area contributed by atoms with Gasteiger partial charge in [-0.05, 0) is 67.1 Å². The van der Waals surface area contributed by atoms with Gasteiger partial charge in [0.1, 0.15) is 11.5 Å². The topological polar surface area (TPSA) is 63.2 Å². The third-order valence-electron chi connectivity index (χ3n) is 5.37. The van der Waals surface area contributed by atoms with Crippen LogP contribution in [0.2, 0.25) is 0 Å². The van der Waals surface area contributed by atoms with Gasteiger partial charge in [-0.3, -0.25) is 9.78 Å². The highest BCUT2D eigenvalue weighted by atomic mass is 16.5. The fourth-order valence-corrected chi connectivity index (χ4v) is 3.73. The number of carbonyl (C=O) groups is 1. The van der Waals surface area contributed by atoms with Gasteiger partial charge in [0.05, 0.1) is 5.52 Å². The Hall–Kier alpha value is -4.64. The van der Waals surface area contributed by atoms with E-state index in [1.807, 2.05) is 79.7 Å². The third-order valence-corrected chi connectivity index (χ3v) is 5.37. The average Bonchev–Trinajstić information content (AvgIpc) is 2.85. The smallest absolute Gasteiger partial charge is 0.255 e. The van der Waals surface area contributed by atoms with Gasteiger partial charge in [-0.15, -0.1) is 0 Å². The van der Waals surface area contributed by atoms with Gasteiger partial charge in [0.15, 0.2) is 0 Å². The number of fused-ring (bicyclic) bond motifs is 1. The standard InChI is InChI=1S/C29H23N3O2/c1-20-13-14-26-27(15-16-30-28(26)17-20)31-22-8-5-7-21(18-22)29(33)32-23-9-6-12-25(19-23)34-24-10-3-2-4-11-24/h2-19H,1H3,(H,30,31)(H,32,33). The first-order valence-corrected chi connectivity index (χ1v) is 11.0. The van der Waals surface area contributed by atoms with Gasteiger partial charge in [0.25, 0.3) is 5.91 Å². The summed E-state index contributed by atoms with van der Waals surface area (Å²) >= 11 is 0. The number of aromatic nitrogens is 1. The molecule has 1 amide bonds. The number of carbonyl (C=O) groups excluding carboxylic acids is 1. The molecule has 1 heterocycles. The quantitative estimate of drug-likeness (QED) is 0.287. The number of aryl methyl sites for hydroxylation is 1. The van der Waals surface area contributed by atoms with E-state index in [0.29, 0.717) is 17.0 Å². The molecule has 5 rings (SSSR count). The molecule has 5 aromatic rings. The van der Waals surface area contributed by atoms with Crippen LogP contribution in [0, 0.1) is 6.92 Å². The molecule has 0 saturated carbocycles. The summed E-state index contributed by atoms with van der Waals surface area (Å²) < 4.78 is 5.87. The van der Waals surface area contributed by atoms with Crippen molar-refractivity contribution in [3.8, 4) is 11.5 Å². The molecule has 0 saturated heterocycles. The Labute approximate surface area is 198 Å². The zero-order chi connectivity index (χ0) is 23.3. The Morgan fingerprint density at radius 1 is 0.765 bits per heavy atom. The summed E-state index contributed by atoms with van der Waals surface area (Å²) in [5, 5.41) is 7.40. The number of nitrogens with zero attached hydrogens (tertiary/aromatic N) is 1. The summed E-state index contributed by atoms with van der Waals surface area (Å²) in [6, 6.07) is 32.4. The van der Waals surface area contributed by atoms with E-state index in [-0.39, 0.29) is 5.91 Å². The molecule has 0 unspecified atom stereocenters. The van der Waals surface area contributed by atoms with Gasteiger partial charge in [0, 0.05) is 40.3 Å². The van der Waals surface area contributed by atoms with E-state index >= 15 is 0 Å². The van der Waals surface area contributed by atoms with Crippen LogP contribution in [0.5, 0.6) is 11.5 Å². The number of anilines is 3. The molecule has 0 bridgehead atoms. The Bertz CT molecular complexity index is 1470. The molecule has 0 radical (unpaired) electrons. The minimum Gasteiger partial charge on any atom is -0.457 e. The molecule has 4 aromatic carbocycles. The molecule has 1 aromatic heterocycles. The minimum absolute atomic E-state index is 0.198. The fraction of sp³-hybridized carbons (Fsp3) is 0.0345. The zero-order valence-corrected chi connectivity index (χ0v) is 18.7. The number of rotatable bonds is 6. The van der Waals surface area contributed by atoms with Crippen molar-refractivity contribution in [2.75, 3.05) is 10.6 Å². The predicted octanol–water partition coefficient (Wildman–Crippen LogP) is 7.33. The normalized spacial score (nSPS) is 10.6.